The SMILES string of the molecule is CCN(CC1CCOCC1)C(=O)[C@@H](c1ccccc1C)N(C)C. The zero-order valence-electron chi connectivity index (χ0n) is 14.9. The van der Waals surface area contributed by atoms with E-state index in [1.54, 1.807) is 0 Å². The Labute approximate surface area is 140 Å². The van der Waals surface area contributed by atoms with Crippen LogP contribution in [0, 0.1) is 12.8 Å². The van der Waals surface area contributed by atoms with E-state index >= 15 is 0 Å². The summed E-state index contributed by atoms with van der Waals surface area (Å²) in [6.07, 6.45) is 2.11. The van der Waals surface area contributed by atoms with Crippen molar-refractivity contribution < 1.29 is 9.53 Å². The summed E-state index contributed by atoms with van der Waals surface area (Å²) in [5, 5.41) is 0. The quantitative estimate of drug-likeness (QED) is 0.808. The first kappa shape index (κ1) is 18.0. The third-order valence-corrected chi connectivity index (χ3v) is 4.75. The highest BCUT2D eigenvalue weighted by atomic mass is 16.5. The predicted molar refractivity (Wildman–Crippen MR) is 93.4 cm³/mol. The molecule has 1 aromatic carbocycles. The van der Waals surface area contributed by atoms with E-state index < -0.39 is 0 Å². The number of benzene rings is 1. The Bertz CT molecular complexity index is 510. The van der Waals surface area contributed by atoms with Gasteiger partial charge in [0.1, 0.15) is 6.04 Å². The molecule has 1 fully saturated rings. The highest BCUT2D eigenvalue weighted by molar-refractivity contribution is 5.83. The van der Waals surface area contributed by atoms with E-state index in [1.165, 1.54) is 5.56 Å². The minimum Gasteiger partial charge on any atom is -0.381 e. The monoisotopic (exact) mass is 318 g/mol. The predicted octanol–water partition coefficient (Wildman–Crippen LogP) is 2.87. The van der Waals surface area contributed by atoms with Crippen molar-refractivity contribution in [3.05, 3.63) is 35.4 Å². The summed E-state index contributed by atoms with van der Waals surface area (Å²) >= 11 is 0. The lowest BCUT2D eigenvalue weighted by atomic mass is 9.96. The van der Waals surface area contributed by atoms with Crippen LogP contribution in [0.5, 0.6) is 0 Å². The number of rotatable bonds is 6. The van der Waals surface area contributed by atoms with Crippen LogP contribution in [0.3, 0.4) is 0 Å². The molecule has 1 aromatic rings. The molecule has 1 atom stereocenters. The summed E-state index contributed by atoms with van der Waals surface area (Å²) < 4.78 is 5.43. The molecule has 0 radical (unpaired) electrons. The van der Waals surface area contributed by atoms with Crippen LogP contribution in [0.15, 0.2) is 24.3 Å². The second-order valence-corrected chi connectivity index (χ2v) is 6.66. The van der Waals surface area contributed by atoms with Crippen molar-refractivity contribution in [2.75, 3.05) is 40.4 Å². The van der Waals surface area contributed by atoms with Gasteiger partial charge in [-0.15, -0.1) is 0 Å². The summed E-state index contributed by atoms with van der Waals surface area (Å²) in [5.74, 6) is 0.769. The fourth-order valence-electron chi connectivity index (χ4n) is 3.31. The fraction of sp³-hybridized carbons (Fsp3) is 0.632. The van der Waals surface area contributed by atoms with Crippen molar-refractivity contribution >= 4 is 5.91 Å². The van der Waals surface area contributed by atoms with Gasteiger partial charge in [0.25, 0.3) is 0 Å². The van der Waals surface area contributed by atoms with E-state index in [2.05, 4.69) is 26.0 Å². The van der Waals surface area contributed by atoms with Crippen LogP contribution in [-0.2, 0) is 9.53 Å². The van der Waals surface area contributed by atoms with Crippen LogP contribution >= 0.6 is 0 Å². The van der Waals surface area contributed by atoms with Gasteiger partial charge < -0.3 is 9.64 Å². The van der Waals surface area contributed by atoms with Crippen molar-refractivity contribution in [1.82, 2.24) is 9.80 Å². The van der Waals surface area contributed by atoms with Gasteiger partial charge in [-0.05, 0) is 57.8 Å². The molecule has 1 aliphatic heterocycles. The first-order valence-electron chi connectivity index (χ1n) is 8.63. The molecule has 4 nitrogen and oxygen atoms in total. The minimum atomic E-state index is -0.212. The molecule has 2 rings (SSSR count). The fourth-order valence-corrected chi connectivity index (χ4v) is 3.31. The second kappa shape index (κ2) is 8.46. The number of ether oxygens (including phenoxy) is 1. The second-order valence-electron chi connectivity index (χ2n) is 6.66. The minimum absolute atomic E-state index is 0.207. The van der Waals surface area contributed by atoms with Gasteiger partial charge in [-0.1, -0.05) is 24.3 Å². The molecule has 0 N–H and O–H groups in total. The lowest BCUT2D eigenvalue weighted by Gasteiger charge is -2.34. The summed E-state index contributed by atoms with van der Waals surface area (Å²) in [7, 11) is 3.97. The van der Waals surface area contributed by atoms with Crippen molar-refractivity contribution in [2.45, 2.75) is 32.7 Å². The number of aryl methyl sites for hydroxylation is 1. The third kappa shape index (κ3) is 4.55. The van der Waals surface area contributed by atoms with Crippen molar-refractivity contribution in [3.8, 4) is 0 Å². The summed E-state index contributed by atoms with van der Waals surface area (Å²) in [6.45, 7) is 7.40. The van der Waals surface area contributed by atoms with Crippen molar-refractivity contribution in [1.29, 1.82) is 0 Å². The maximum Gasteiger partial charge on any atom is 0.244 e. The largest absolute Gasteiger partial charge is 0.381 e. The van der Waals surface area contributed by atoms with Gasteiger partial charge in [-0.3, -0.25) is 9.69 Å². The molecule has 4 heteroatoms. The molecule has 128 valence electrons. The number of carbonyl (C=O) groups is 1. The first-order valence-corrected chi connectivity index (χ1v) is 8.63. The Morgan fingerprint density at radius 3 is 2.48 bits per heavy atom. The molecule has 1 amide bonds. The van der Waals surface area contributed by atoms with E-state index in [4.69, 9.17) is 4.74 Å². The molecular weight excluding hydrogens is 288 g/mol. The van der Waals surface area contributed by atoms with Gasteiger partial charge in [0, 0.05) is 26.3 Å². The molecule has 0 spiro atoms. The number of amides is 1. The smallest absolute Gasteiger partial charge is 0.244 e. The molecule has 0 unspecified atom stereocenters. The number of nitrogens with zero attached hydrogens (tertiary/aromatic N) is 2. The third-order valence-electron chi connectivity index (χ3n) is 4.75. The van der Waals surface area contributed by atoms with E-state index in [-0.39, 0.29) is 11.9 Å². The normalized spacial score (nSPS) is 17.3. The Balaban J connectivity index is 2.16. The number of hydrogen-bond acceptors (Lipinski definition) is 3. The van der Waals surface area contributed by atoms with E-state index in [1.807, 2.05) is 36.0 Å². The summed E-state index contributed by atoms with van der Waals surface area (Å²) in [5.41, 5.74) is 2.27. The van der Waals surface area contributed by atoms with Gasteiger partial charge >= 0.3 is 0 Å². The zero-order chi connectivity index (χ0) is 16.8. The Morgan fingerprint density at radius 1 is 1.26 bits per heavy atom. The van der Waals surface area contributed by atoms with E-state index in [0.29, 0.717) is 5.92 Å². The van der Waals surface area contributed by atoms with E-state index in [9.17, 15) is 4.79 Å². The first-order chi connectivity index (χ1) is 11.0. The van der Waals surface area contributed by atoms with Crippen molar-refractivity contribution in [2.24, 2.45) is 5.92 Å². The van der Waals surface area contributed by atoms with E-state index in [0.717, 1.165) is 44.7 Å². The van der Waals surface area contributed by atoms with Gasteiger partial charge in [-0.25, -0.2) is 0 Å². The molecule has 0 bridgehead atoms. The maximum absolute atomic E-state index is 13.2. The average Bonchev–Trinajstić information content (AvgIpc) is 2.55. The molecule has 0 saturated carbocycles. The molecule has 1 aliphatic rings. The summed E-state index contributed by atoms with van der Waals surface area (Å²) in [4.78, 5) is 17.2. The highest BCUT2D eigenvalue weighted by Gasteiger charge is 2.29. The molecule has 0 aliphatic carbocycles. The molecule has 1 saturated heterocycles. The lowest BCUT2D eigenvalue weighted by Crippen LogP contribution is -2.43. The van der Waals surface area contributed by atoms with Crippen LogP contribution < -0.4 is 0 Å². The van der Waals surface area contributed by atoms with Crippen LogP contribution in [0.2, 0.25) is 0 Å². The van der Waals surface area contributed by atoms with Crippen LogP contribution in [0.1, 0.15) is 36.9 Å². The lowest BCUT2D eigenvalue weighted by molar-refractivity contribution is -0.137. The number of likely N-dealkylation sites (N-methyl/N-ethyl adjacent to an activating group) is 2. The number of hydrogen-bond donors (Lipinski definition) is 0. The Morgan fingerprint density at radius 2 is 1.91 bits per heavy atom. The van der Waals surface area contributed by atoms with Crippen LogP contribution in [-0.4, -0.2) is 56.1 Å². The molecule has 23 heavy (non-hydrogen) atoms. The van der Waals surface area contributed by atoms with Crippen LogP contribution in [0.25, 0.3) is 0 Å². The number of carbonyl (C=O) groups excluding carboxylic acids is 1. The maximum atomic E-state index is 13.2. The molecule has 0 aromatic heterocycles. The molecule has 1 heterocycles. The Hall–Kier alpha value is -1.39. The summed E-state index contributed by atoms with van der Waals surface area (Å²) in [6, 6.07) is 7.97. The standard InChI is InChI=1S/C19H30N2O2/c1-5-21(14-16-10-12-23-13-11-16)19(22)18(20(3)4)17-9-7-6-8-15(17)2/h6-9,16,18H,5,10-14H2,1-4H3/t18-/m1/s1. The Kier molecular flexibility index (Phi) is 6.60. The average molecular weight is 318 g/mol. The van der Waals surface area contributed by atoms with Gasteiger partial charge in [-0.2, -0.15) is 0 Å². The van der Waals surface area contributed by atoms with Gasteiger partial charge in [0.05, 0.1) is 0 Å². The van der Waals surface area contributed by atoms with Gasteiger partial charge in [0.2, 0.25) is 5.91 Å². The topological polar surface area (TPSA) is 32.8 Å². The van der Waals surface area contributed by atoms with Gasteiger partial charge in [0.15, 0.2) is 0 Å². The van der Waals surface area contributed by atoms with Crippen molar-refractivity contribution in [3.63, 3.8) is 0 Å². The molecular formula is C19H30N2O2. The highest BCUT2D eigenvalue weighted by Crippen LogP contribution is 2.25. The van der Waals surface area contributed by atoms with Crippen LogP contribution in [0.4, 0.5) is 0 Å². The zero-order valence-corrected chi connectivity index (χ0v) is 14.9.